The number of nitrogens with zero attached hydrogens (tertiary/aromatic N) is 1. The van der Waals surface area contributed by atoms with Gasteiger partial charge in [-0.25, -0.2) is 0 Å². The Morgan fingerprint density at radius 1 is 1.11 bits per heavy atom. The van der Waals surface area contributed by atoms with Gasteiger partial charge in [0.15, 0.2) is 0 Å². The van der Waals surface area contributed by atoms with Crippen molar-refractivity contribution < 1.29 is 4.79 Å². The number of hydrogen-bond donors (Lipinski definition) is 1. The van der Waals surface area contributed by atoms with E-state index in [0.29, 0.717) is 6.04 Å². The van der Waals surface area contributed by atoms with Gasteiger partial charge in [-0.15, -0.1) is 0 Å². The molecule has 0 aromatic carbocycles. The lowest BCUT2D eigenvalue weighted by molar-refractivity contribution is -0.142. The minimum Gasteiger partial charge on any atom is -0.341 e. The summed E-state index contributed by atoms with van der Waals surface area (Å²) in [5.41, 5.74) is 0. The van der Waals surface area contributed by atoms with E-state index < -0.39 is 0 Å². The van der Waals surface area contributed by atoms with Crippen molar-refractivity contribution in [2.24, 2.45) is 23.7 Å². The average molecular weight is 250 g/mol. The van der Waals surface area contributed by atoms with Crippen LogP contribution in [0.1, 0.15) is 39.0 Å². The number of carbonyl (C=O) groups excluding carboxylic acids is 1. The highest BCUT2D eigenvalue weighted by Gasteiger charge is 2.50. The summed E-state index contributed by atoms with van der Waals surface area (Å²) in [4.78, 5) is 14.4. The van der Waals surface area contributed by atoms with E-state index in [4.69, 9.17) is 0 Å². The van der Waals surface area contributed by atoms with Crippen LogP contribution in [0, 0.1) is 23.7 Å². The Balaban J connectivity index is 1.74. The molecule has 4 aliphatic rings. The van der Waals surface area contributed by atoms with Gasteiger partial charge < -0.3 is 10.2 Å². The van der Waals surface area contributed by atoms with E-state index in [1.165, 1.54) is 32.1 Å². The van der Waals surface area contributed by atoms with Crippen molar-refractivity contribution in [1.82, 2.24) is 10.2 Å². The first kappa shape index (κ1) is 12.5. The van der Waals surface area contributed by atoms with E-state index >= 15 is 0 Å². The lowest BCUT2D eigenvalue weighted by Crippen LogP contribution is -2.58. The van der Waals surface area contributed by atoms with Crippen LogP contribution >= 0.6 is 0 Å². The second kappa shape index (κ2) is 4.52. The number of nitrogens with one attached hydrogen (secondary N) is 1. The van der Waals surface area contributed by atoms with Crippen molar-refractivity contribution in [3.63, 3.8) is 0 Å². The zero-order valence-electron chi connectivity index (χ0n) is 11.9. The summed E-state index contributed by atoms with van der Waals surface area (Å²) in [5.74, 6) is 3.82. The van der Waals surface area contributed by atoms with E-state index in [1.807, 2.05) is 21.0 Å². The van der Waals surface area contributed by atoms with Gasteiger partial charge in [-0.3, -0.25) is 4.79 Å². The fraction of sp³-hybridized carbons (Fsp3) is 0.933. The first-order valence-electron chi connectivity index (χ1n) is 7.54. The Kier molecular flexibility index (Phi) is 3.13. The quantitative estimate of drug-likeness (QED) is 0.829. The van der Waals surface area contributed by atoms with Gasteiger partial charge in [0.05, 0.1) is 6.04 Å². The molecule has 4 fully saturated rings. The molecule has 4 saturated carbocycles. The van der Waals surface area contributed by atoms with Crippen molar-refractivity contribution in [3.8, 4) is 0 Å². The van der Waals surface area contributed by atoms with Crippen LogP contribution in [0.3, 0.4) is 0 Å². The number of amides is 1. The highest BCUT2D eigenvalue weighted by molar-refractivity contribution is 5.81. The van der Waals surface area contributed by atoms with Crippen LogP contribution in [0.5, 0.6) is 0 Å². The summed E-state index contributed by atoms with van der Waals surface area (Å²) in [5, 5.41) is 3.08. The number of rotatable bonds is 3. The number of likely N-dealkylation sites (N-methyl/N-ethyl adjacent to an activating group) is 2. The Hall–Kier alpha value is -0.570. The van der Waals surface area contributed by atoms with Crippen LogP contribution < -0.4 is 5.32 Å². The Morgan fingerprint density at radius 3 is 2.06 bits per heavy atom. The summed E-state index contributed by atoms with van der Waals surface area (Å²) >= 11 is 0. The molecular formula is C15H26N2O. The molecule has 0 spiro atoms. The van der Waals surface area contributed by atoms with Gasteiger partial charge in [-0.05, 0) is 69.7 Å². The van der Waals surface area contributed by atoms with Crippen molar-refractivity contribution in [2.45, 2.75) is 51.1 Å². The van der Waals surface area contributed by atoms with E-state index in [2.05, 4.69) is 10.2 Å². The fourth-order valence-corrected chi connectivity index (χ4v) is 5.10. The normalized spacial score (nSPS) is 42.9. The van der Waals surface area contributed by atoms with Gasteiger partial charge in [0.25, 0.3) is 0 Å². The molecule has 4 bridgehead atoms. The molecule has 102 valence electrons. The van der Waals surface area contributed by atoms with E-state index in [0.717, 1.165) is 23.7 Å². The predicted octanol–water partition coefficient (Wildman–Crippen LogP) is 1.88. The maximum Gasteiger partial charge on any atom is 0.239 e. The molecule has 0 aromatic rings. The first-order valence-corrected chi connectivity index (χ1v) is 7.54. The van der Waals surface area contributed by atoms with Gasteiger partial charge in [0.1, 0.15) is 0 Å². The van der Waals surface area contributed by atoms with Crippen LogP contribution in [-0.2, 0) is 4.79 Å². The van der Waals surface area contributed by atoms with Crippen molar-refractivity contribution >= 4 is 5.91 Å². The summed E-state index contributed by atoms with van der Waals surface area (Å²) in [6, 6.07) is 0.480. The zero-order chi connectivity index (χ0) is 12.9. The maximum atomic E-state index is 12.4. The molecule has 1 atom stereocenters. The molecule has 1 unspecified atom stereocenters. The Morgan fingerprint density at radius 2 is 1.61 bits per heavy atom. The standard InChI is InChI=1S/C15H26N2O/c1-9(16-2)15(18)17(3)14-12-5-10-4-11(7-12)8-13(14)6-10/h9-14,16H,4-8H2,1-3H3. The van der Waals surface area contributed by atoms with Gasteiger partial charge in [0.2, 0.25) is 5.91 Å². The predicted molar refractivity (Wildman–Crippen MR) is 72.1 cm³/mol. The monoisotopic (exact) mass is 250 g/mol. The summed E-state index contributed by atoms with van der Waals surface area (Å²) in [7, 11) is 3.90. The zero-order valence-corrected chi connectivity index (χ0v) is 11.9. The van der Waals surface area contributed by atoms with Gasteiger partial charge in [-0.2, -0.15) is 0 Å². The molecule has 4 aliphatic carbocycles. The lowest BCUT2D eigenvalue weighted by Gasteiger charge is -2.56. The van der Waals surface area contributed by atoms with Crippen LogP contribution in [0.25, 0.3) is 0 Å². The molecule has 3 nitrogen and oxygen atoms in total. The second-order valence-electron chi connectivity index (χ2n) is 6.88. The fourth-order valence-electron chi connectivity index (χ4n) is 5.10. The summed E-state index contributed by atoms with van der Waals surface area (Å²) in [6.07, 6.45) is 6.99. The van der Waals surface area contributed by atoms with Gasteiger partial charge in [-0.1, -0.05) is 0 Å². The van der Waals surface area contributed by atoms with Crippen LogP contribution in [0.15, 0.2) is 0 Å². The van der Waals surface area contributed by atoms with Crippen LogP contribution in [0.4, 0.5) is 0 Å². The number of hydrogen-bond acceptors (Lipinski definition) is 2. The van der Waals surface area contributed by atoms with Crippen LogP contribution in [0.2, 0.25) is 0 Å². The molecule has 0 saturated heterocycles. The molecule has 0 radical (unpaired) electrons. The topological polar surface area (TPSA) is 32.3 Å². The maximum absolute atomic E-state index is 12.4. The lowest BCUT2D eigenvalue weighted by atomic mass is 9.54. The van der Waals surface area contributed by atoms with Gasteiger partial charge >= 0.3 is 0 Å². The average Bonchev–Trinajstić information content (AvgIpc) is 2.35. The summed E-state index contributed by atoms with van der Waals surface area (Å²) < 4.78 is 0. The smallest absolute Gasteiger partial charge is 0.239 e. The third kappa shape index (κ3) is 1.87. The minimum absolute atomic E-state index is 0.0489. The SMILES string of the molecule is CNC(C)C(=O)N(C)C1C2CC3CC(C2)CC1C3. The highest BCUT2D eigenvalue weighted by Crippen LogP contribution is 2.54. The number of carbonyl (C=O) groups is 1. The Bertz CT molecular complexity index is 313. The molecule has 0 heterocycles. The third-order valence-electron chi connectivity index (χ3n) is 5.78. The van der Waals surface area contributed by atoms with Gasteiger partial charge in [0, 0.05) is 13.1 Å². The van der Waals surface area contributed by atoms with E-state index in [9.17, 15) is 4.79 Å². The summed E-state index contributed by atoms with van der Waals surface area (Å²) in [6.45, 7) is 1.97. The molecule has 4 rings (SSSR count). The van der Waals surface area contributed by atoms with Crippen molar-refractivity contribution in [1.29, 1.82) is 0 Å². The second-order valence-corrected chi connectivity index (χ2v) is 6.88. The molecule has 18 heavy (non-hydrogen) atoms. The molecule has 3 heteroatoms. The van der Waals surface area contributed by atoms with Crippen molar-refractivity contribution in [2.75, 3.05) is 14.1 Å². The molecule has 0 aliphatic heterocycles. The third-order valence-corrected chi connectivity index (χ3v) is 5.78. The molecular weight excluding hydrogens is 224 g/mol. The van der Waals surface area contributed by atoms with E-state index in [1.54, 1.807) is 0 Å². The molecule has 0 aromatic heterocycles. The Labute approximate surface area is 110 Å². The highest BCUT2D eigenvalue weighted by atomic mass is 16.2. The molecule has 1 amide bonds. The molecule has 1 N–H and O–H groups in total. The largest absolute Gasteiger partial charge is 0.341 e. The minimum atomic E-state index is -0.0489. The van der Waals surface area contributed by atoms with Crippen molar-refractivity contribution in [3.05, 3.63) is 0 Å². The van der Waals surface area contributed by atoms with E-state index in [-0.39, 0.29) is 11.9 Å². The van der Waals surface area contributed by atoms with Crippen LogP contribution in [-0.4, -0.2) is 37.0 Å². The first-order chi connectivity index (χ1) is 8.60.